The standard InChI is InChI=1S/C30H44N2O5/c1-29(2,3)25-20-37-28(36)24(18-22-12-6-4-7-13-22)15-9-5-8-14-23(27(35)31-25)19-26(34)32-30(21-33)16-10-11-17-30/h4-8,12-13,23-25,33H,9-11,14-21H2,1-3H3,(H,31,35)(H,32,34)/t23-,24-,25-/m1/s1. The van der Waals surface area contributed by atoms with Crippen molar-refractivity contribution < 1.29 is 24.2 Å². The van der Waals surface area contributed by atoms with E-state index in [4.69, 9.17) is 4.74 Å². The molecule has 1 saturated carbocycles. The molecule has 204 valence electrons. The molecule has 3 atom stereocenters. The van der Waals surface area contributed by atoms with E-state index in [2.05, 4.69) is 10.6 Å². The maximum Gasteiger partial charge on any atom is 0.309 e. The minimum absolute atomic E-state index is 0.0468. The fourth-order valence-electron chi connectivity index (χ4n) is 5.19. The molecule has 1 aliphatic carbocycles. The van der Waals surface area contributed by atoms with Gasteiger partial charge in [-0.1, -0.05) is 76.1 Å². The van der Waals surface area contributed by atoms with Crippen molar-refractivity contribution in [2.75, 3.05) is 13.2 Å². The van der Waals surface area contributed by atoms with Gasteiger partial charge in [-0.05, 0) is 49.5 Å². The molecule has 0 radical (unpaired) electrons. The largest absolute Gasteiger partial charge is 0.463 e. The molecule has 2 amide bonds. The monoisotopic (exact) mass is 512 g/mol. The highest BCUT2D eigenvalue weighted by Gasteiger charge is 2.36. The summed E-state index contributed by atoms with van der Waals surface area (Å²) in [4.78, 5) is 39.4. The van der Waals surface area contributed by atoms with E-state index in [9.17, 15) is 19.5 Å². The van der Waals surface area contributed by atoms with Crippen LogP contribution in [0.1, 0.15) is 77.7 Å². The van der Waals surface area contributed by atoms with Crippen molar-refractivity contribution >= 4 is 17.8 Å². The second-order valence-corrected chi connectivity index (χ2v) is 11.8. The molecule has 1 fully saturated rings. The van der Waals surface area contributed by atoms with E-state index in [1.165, 1.54) is 0 Å². The number of benzene rings is 1. The third-order valence-electron chi connectivity index (χ3n) is 7.75. The molecule has 1 aromatic carbocycles. The van der Waals surface area contributed by atoms with E-state index in [0.717, 1.165) is 31.2 Å². The second kappa shape index (κ2) is 13.2. The average molecular weight is 513 g/mol. The minimum Gasteiger partial charge on any atom is -0.463 e. The van der Waals surface area contributed by atoms with Crippen LogP contribution >= 0.6 is 0 Å². The van der Waals surface area contributed by atoms with Crippen LogP contribution < -0.4 is 10.6 Å². The van der Waals surface area contributed by atoms with Gasteiger partial charge in [0.05, 0.1) is 30.0 Å². The molecule has 0 saturated heterocycles. The SMILES string of the molecule is CC(C)(C)[C@H]1COC(=O)[C@@H](Cc2ccccc2)CCC=CC[C@H](CC(=O)NC2(CO)CCCC2)C(=O)N1. The van der Waals surface area contributed by atoms with Gasteiger partial charge in [-0.25, -0.2) is 0 Å². The summed E-state index contributed by atoms with van der Waals surface area (Å²) in [6, 6.07) is 9.54. The van der Waals surface area contributed by atoms with Crippen LogP contribution in [0.3, 0.4) is 0 Å². The van der Waals surface area contributed by atoms with Crippen molar-refractivity contribution in [1.29, 1.82) is 0 Å². The Morgan fingerprint density at radius 2 is 1.81 bits per heavy atom. The van der Waals surface area contributed by atoms with Crippen LogP contribution in [0.25, 0.3) is 0 Å². The number of carbonyl (C=O) groups is 3. The first-order chi connectivity index (χ1) is 17.6. The van der Waals surface area contributed by atoms with Crippen LogP contribution in [0.2, 0.25) is 0 Å². The maximum absolute atomic E-state index is 13.4. The molecule has 1 heterocycles. The van der Waals surface area contributed by atoms with Gasteiger partial charge in [-0.15, -0.1) is 0 Å². The number of cyclic esters (lactones) is 1. The molecule has 0 unspecified atom stereocenters. The van der Waals surface area contributed by atoms with Crippen molar-refractivity contribution in [2.45, 2.75) is 90.1 Å². The molecule has 2 aliphatic rings. The van der Waals surface area contributed by atoms with Gasteiger partial charge >= 0.3 is 5.97 Å². The first kappa shape index (κ1) is 28.9. The number of rotatable bonds is 6. The van der Waals surface area contributed by atoms with Crippen LogP contribution in [0.15, 0.2) is 42.5 Å². The number of amides is 2. The zero-order valence-electron chi connectivity index (χ0n) is 22.6. The van der Waals surface area contributed by atoms with Crippen LogP contribution in [0, 0.1) is 17.3 Å². The van der Waals surface area contributed by atoms with Crippen LogP contribution in [0.4, 0.5) is 0 Å². The van der Waals surface area contributed by atoms with Crippen LogP contribution in [-0.2, 0) is 25.5 Å². The number of carbonyl (C=O) groups excluding carboxylic acids is 3. The van der Waals surface area contributed by atoms with Crippen LogP contribution in [0.5, 0.6) is 0 Å². The number of allylic oxidation sites excluding steroid dienone is 2. The fraction of sp³-hybridized carbons (Fsp3) is 0.633. The summed E-state index contributed by atoms with van der Waals surface area (Å²) in [6.07, 6.45) is 9.83. The Morgan fingerprint density at radius 3 is 2.46 bits per heavy atom. The van der Waals surface area contributed by atoms with E-state index >= 15 is 0 Å². The van der Waals surface area contributed by atoms with Gasteiger partial charge in [-0.3, -0.25) is 14.4 Å². The van der Waals surface area contributed by atoms with Crippen molar-refractivity contribution in [3.63, 3.8) is 0 Å². The molecule has 1 aliphatic heterocycles. The summed E-state index contributed by atoms with van der Waals surface area (Å²) in [5.74, 6) is -1.50. The van der Waals surface area contributed by atoms with Crippen molar-refractivity contribution in [2.24, 2.45) is 17.3 Å². The average Bonchev–Trinajstić information content (AvgIpc) is 3.32. The third kappa shape index (κ3) is 8.70. The zero-order chi connectivity index (χ0) is 26.9. The highest BCUT2D eigenvalue weighted by molar-refractivity contribution is 5.86. The lowest BCUT2D eigenvalue weighted by Gasteiger charge is -2.33. The number of aliphatic hydroxyl groups is 1. The molecule has 0 spiro atoms. The lowest BCUT2D eigenvalue weighted by atomic mass is 9.86. The lowest BCUT2D eigenvalue weighted by molar-refractivity contribution is -0.151. The van der Waals surface area contributed by atoms with Gasteiger partial charge in [-0.2, -0.15) is 0 Å². The van der Waals surface area contributed by atoms with Crippen molar-refractivity contribution in [3.8, 4) is 0 Å². The predicted molar refractivity (Wildman–Crippen MR) is 144 cm³/mol. The molecule has 3 rings (SSSR count). The van der Waals surface area contributed by atoms with Gasteiger partial charge in [0.1, 0.15) is 6.61 Å². The summed E-state index contributed by atoms with van der Waals surface area (Å²) in [7, 11) is 0. The molecule has 7 nitrogen and oxygen atoms in total. The molecular weight excluding hydrogens is 468 g/mol. The number of hydrogen-bond donors (Lipinski definition) is 3. The van der Waals surface area contributed by atoms with E-state index < -0.39 is 17.5 Å². The Kier molecular flexibility index (Phi) is 10.3. The van der Waals surface area contributed by atoms with Gasteiger partial charge in [0.15, 0.2) is 0 Å². The molecular formula is C30H44N2O5. The second-order valence-electron chi connectivity index (χ2n) is 11.8. The van der Waals surface area contributed by atoms with E-state index in [-0.39, 0.29) is 48.8 Å². The van der Waals surface area contributed by atoms with E-state index in [1.807, 2.05) is 63.3 Å². The summed E-state index contributed by atoms with van der Waals surface area (Å²) in [5.41, 5.74) is 0.175. The van der Waals surface area contributed by atoms with Gasteiger partial charge in [0, 0.05) is 6.42 Å². The Balaban J connectivity index is 1.74. The summed E-state index contributed by atoms with van der Waals surface area (Å²) in [5, 5.41) is 16.0. The van der Waals surface area contributed by atoms with Gasteiger partial charge < -0.3 is 20.5 Å². The van der Waals surface area contributed by atoms with Crippen LogP contribution in [-0.4, -0.2) is 47.7 Å². The lowest BCUT2D eigenvalue weighted by Crippen LogP contribution is -2.52. The quantitative estimate of drug-likeness (QED) is 0.393. The fourth-order valence-corrected chi connectivity index (χ4v) is 5.19. The minimum atomic E-state index is -0.567. The smallest absolute Gasteiger partial charge is 0.309 e. The Bertz CT molecular complexity index is 931. The maximum atomic E-state index is 13.4. The molecule has 7 heteroatoms. The van der Waals surface area contributed by atoms with Crippen molar-refractivity contribution in [1.82, 2.24) is 10.6 Å². The molecule has 37 heavy (non-hydrogen) atoms. The third-order valence-corrected chi connectivity index (χ3v) is 7.75. The predicted octanol–water partition coefficient (Wildman–Crippen LogP) is 4.09. The summed E-state index contributed by atoms with van der Waals surface area (Å²) >= 11 is 0. The van der Waals surface area contributed by atoms with E-state index in [0.29, 0.717) is 25.7 Å². The first-order valence-corrected chi connectivity index (χ1v) is 13.7. The molecule has 0 bridgehead atoms. The summed E-state index contributed by atoms with van der Waals surface area (Å²) in [6.45, 7) is 5.99. The highest BCUT2D eigenvalue weighted by Crippen LogP contribution is 2.30. The number of nitrogens with one attached hydrogen (secondary N) is 2. The highest BCUT2D eigenvalue weighted by atomic mass is 16.5. The molecule has 0 aromatic heterocycles. The molecule has 3 N–H and O–H groups in total. The topological polar surface area (TPSA) is 105 Å². The van der Waals surface area contributed by atoms with E-state index in [1.54, 1.807) is 0 Å². The summed E-state index contributed by atoms with van der Waals surface area (Å²) < 4.78 is 5.78. The normalized spacial score (nSPS) is 25.2. The zero-order valence-corrected chi connectivity index (χ0v) is 22.6. The number of hydrogen-bond acceptors (Lipinski definition) is 5. The van der Waals surface area contributed by atoms with Gasteiger partial charge in [0.2, 0.25) is 11.8 Å². The Morgan fingerprint density at radius 1 is 1.11 bits per heavy atom. The first-order valence-electron chi connectivity index (χ1n) is 13.7. The number of ether oxygens (including phenoxy) is 1. The van der Waals surface area contributed by atoms with Gasteiger partial charge in [0.25, 0.3) is 0 Å². The Hall–Kier alpha value is -2.67. The number of aliphatic hydroxyl groups excluding tert-OH is 1. The Labute approximate surface area is 221 Å². The number of esters is 1. The van der Waals surface area contributed by atoms with Crippen molar-refractivity contribution in [3.05, 3.63) is 48.0 Å². The molecule has 1 aromatic rings.